The van der Waals surface area contributed by atoms with Crippen LogP contribution in [0.3, 0.4) is 0 Å². The van der Waals surface area contributed by atoms with Crippen molar-refractivity contribution in [2.75, 3.05) is 6.61 Å². The van der Waals surface area contributed by atoms with Crippen LogP contribution in [0.4, 0.5) is 4.39 Å². The molecule has 1 heterocycles. The predicted molar refractivity (Wildman–Crippen MR) is 77.7 cm³/mol. The van der Waals surface area contributed by atoms with Crippen molar-refractivity contribution < 1.29 is 13.9 Å². The quantitative estimate of drug-likeness (QED) is 0.764. The number of Topliss-reactive ketones (excluding diaryl/α,β-unsaturated/α-hetero) is 1. The van der Waals surface area contributed by atoms with Crippen LogP contribution in [-0.2, 0) is 0 Å². The molecule has 0 saturated heterocycles. The van der Waals surface area contributed by atoms with E-state index in [0.717, 1.165) is 11.3 Å². The summed E-state index contributed by atoms with van der Waals surface area (Å²) in [5.41, 5.74) is 1.42. The minimum atomic E-state index is -0.367. The maximum absolute atomic E-state index is 13.3. The Bertz CT molecular complexity index is 669. The predicted octanol–water partition coefficient (Wildman–Crippen LogP) is 4.34. The molecule has 4 heteroatoms. The van der Waals surface area contributed by atoms with Crippen LogP contribution in [0.2, 0.25) is 0 Å². The largest absolute Gasteiger partial charge is 0.493 e. The lowest BCUT2D eigenvalue weighted by Gasteiger charge is -2.24. The molecule has 3 rings (SSSR count). The number of hydrogen-bond acceptors (Lipinski definition) is 2. The number of carbonyl (C=O) groups is 1. The van der Waals surface area contributed by atoms with E-state index in [1.807, 2.05) is 24.3 Å². The number of ether oxygens (including phenoxy) is 1. The van der Waals surface area contributed by atoms with Crippen molar-refractivity contribution in [3.05, 3.63) is 63.9 Å². The molecule has 102 valence electrons. The minimum absolute atomic E-state index is 0.00134. The standard InChI is InChI=1S/C16H12BrFO2/c17-13-9-10(5-6-14(13)18)16(19)12-7-8-20-15-4-2-1-3-11(12)15/h1-6,9,12H,7-8H2. The van der Waals surface area contributed by atoms with Gasteiger partial charge in [0.15, 0.2) is 5.78 Å². The van der Waals surface area contributed by atoms with Gasteiger partial charge in [0.2, 0.25) is 0 Å². The van der Waals surface area contributed by atoms with Crippen LogP contribution >= 0.6 is 15.9 Å². The van der Waals surface area contributed by atoms with Crippen molar-refractivity contribution in [2.45, 2.75) is 12.3 Å². The Hall–Kier alpha value is -1.68. The van der Waals surface area contributed by atoms with Gasteiger partial charge in [0.1, 0.15) is 11.6 Å². The van der Waals surface area contributed by atoms with Crippen LogP contribution in [0, 0.1) is 5.82 Å². The molecule has 1 unspecified atom stereocenters. The molecule has 2 nitrogen and oxygen atoms in total. The van der Waals surface area contributed by atoms with Gasteiger partial charge in [-0.05, 0) is 46.6 Å². The van der Waals surface area contributed by atoms with Crippen molar-refractivity contribution in [3.8, 4) is 5.75 Å². The molecule has 0 bridgehead atoms. The summed E-state index contributed by atoms with van der Waals surface area (Å²) in [5, 5.41) is 0. The number of carbonyl (C=O) groups excluding carboxylic acids is 1. The molecular formula is C16H12BrFO2. The maximum Gasteiger partial charge on any atom is 0.170 e. The topological polar surface area (TPSA) is 26.3 Å². The summed E-state index contributed by atoms with van der Waals surface area (Å²) in [6.07, 6.45) is 0.644. The first-order valence-corrected chi connectivity index (χ1v) is 7.17. The van der Waals surface area contributed by atoms with Gasteiger partial charge in [-0.15, -0.1) is 0 Å². The van der Waals surface area contributed by atoms with Gasteiger partial charge in [0.05, 0.1) is 17.0 Å². The van der Waals surface area contributed by atoms with E-state index in [-0.39, 0.29) is 17.5 Å². The zero-order chi connectivity index (χ0) is 14.1. The van der Waals surface area contributed by atoms with Gasteiger partial charge in [-0.3, -0.25) is 4.79 Å². The second kappa shape index (κ2) is 5.37. The van der Waals surface area contributed by atoms with Gasteiger partial charge in [0.25, 0.3) is 0 Å². The summed E-state index contributed by atoms with van der Waals surface area (Å²) in [6, 6.07) is 11.9. The molecule has 2 aromatic carbocycles. The van der Waals surface area contributed by atoms with Crippen LogP contribution in [-0.4, -0.2) is 12.4 Å². The van der Waals surface area contributed by atoms with Crippen molar-refractivity contribution in [2.24, 2.45) is 0 Å². The van der Waals surface area contributed by atoms with Gasteiger partial charge >= 0.3 is 0 Å². The van der Waals surface area contributed by atoms with E-state index in [9.17, 15) is 9.18 Å². The number of hydrogen-bond donors (Lipinski definition) is 0. The molecule has 2 aromatic rings. The third-order valence-electron chi connectivity index (χ3n) is 3.48. The molecular weight excluding hydrogens is 323 g/mol. The van der Waals surface area contributed by atoms with Crippen LogP contribution in [0.15, 0.2) is 46.9 Å². The van der Waals surface area contributed by atoms with Crippen LogP contribution in [0.25, 0.3) is 0 Å². The monoisotopic (exact) mass is 334 g/mol. The lowest BCUT2D eigenvalue weighted by atomic mass is 9.86. The van der Waals surface area contributed by atoms with E-state index in [4.69, 9.17) is 4.74 Å². The average molecular weight is 335 g/mol. The first-order valence-electron chi connectivity index (χ1n) is 6.38. The van der Waals surface area contributed by atoms with Gasteiger partial charge in [-0.1, -0.05) is 18.2 Å². The lowest BCUT2D eigenvalue weighted by molar-refractivity contribution is 0.0933. The van der Waals surface area contributed by atoms with E-state index in [0.29, 0.717) is 23.1 Å². The van der Waals surface area contributed by atoms with Crippen molar-refractivity contribution in [1.82, 2.24) is 0 Å². The summed E-state index contributed by atoms with van der Waals surface area (Å²) in [6.45, 7) is 0.524. The summed E-state index contributed by atoms with van der Waals surface area (Å²) in [5.74, 6) is 0.172. The molecule has 0 saturated carbocycles. The SMILES string of the molecule is O=C(c1ccc(F)c(Br)c1)C1CCOc2ccccc21. The number of fused-ring (bicyclic) bond motifs is 1. The number of ketones is 1. The zero-order valence-electron chi connectivity index (χ0n) is 10.6. The smallest absolute Gasteiger partial charge is 0.170 e. The number of rotatable bonds is 2. The molecule has 20 heavy (non-hydrogen) atoms. The van der Waals surface area contributed by atoms with Crippen molar-refractivity contribution in [1.29, 1.82) is 0 Å². The van der Waals surface area contributed by atoms with Crippen LogP contribution < -0.4 is 4.74 Å². The van der Waals surface area contributed by atoms with E-state index in [1.54, 1.807) is 0 Å². The highest BCUT2D eigenvalue weighted by atomic mass is 79.9. The minimum Gasteiger partial charge on any atom is -0.493 e. The third-order valence-corrected chi connectivity index (χ3v) is 4.09. The van der Waals surface area contributed by atoms with Crippen LogP contribution in [0.1, 0.15) is 28.3 Å². The fourth-order valence-corrected chi connectivity index (χ4v) is 2.84. The third kappa shape index (κ3) is 2.36. The highest BCUT2D eigenvalue weighted by molar-refractivity contribution is 9.10. The highest BCUT2D eigenvalue weighted by Gasteiger charge is 2.28. The molecule has 0 fully saturated rings. The molecule has 1 atom stereocenters. The second-order valence-electron chi connectivity index (χ2n) is 4.72. The van der Waals surface area contributed by atoms with E-state index in [1.165, 1.54) is 18.2 Å². The molecule has 1 aliphatic heterocycles. The molecule has 0 aliphatic carbocycles. The summed E-state index contributed by atoms with van der Waals surface area (Å²) in [7, 11) is 0. The lowest BCUT2D eigenvalue weighted by Crippen LogP contribution is -2.21. The van der Waals surface area contributed by atoms with E-state index < -0.39 is 0 Å². The Morgan fingerprint density at radius 2 is 2.05 bits per heavy atom. The van der Waals surface area contributed by atoms with Crippen molar-refractivity contribution >= 4 is 21.7 Å². The number of halogens is 2. The van der Waals surface area contributed by atoms with Gasteiger partial charge < -0.3 is 4.74 Å². The Kier molecular flexibility index (Phi) is 3.57. The Morgan fingerprint density at radius 3 is 2.85 bits per heavy atom. The fourth-order valence-electron chi connectivity index (χ4n) is 2.47. The molecule has 0 aromatic heterocycles. The van der Waals surface area contributed by atoms with Gasteiger partial charge in [-0.25, -0.2) is 4.39 Å². The highest BCUT2D eigenvalue weighted by Crippen LogP contribution is 2.35. The van der Waals surface area contributed by atoms with Crippen LogP contribution in [0.5, 0.6) is 5.75 Å². The first-order chi connectivity index (χ1) is 9.66. The fraction of sp³-hybridized carbons (Fsp3) is 0.188. The first kappa shape index (κ1) is 13.3. The Morgan fingerprint density at radius 1 is 1.25 bits per heavy atom. The van der Waals surface area contributed by atoms with Gasteiger partial charge in [-0.2, -0.15) is 0 Å². The normalized spacial score (nSPS) is 17.2. The number of benzene rings is 2. The summed E-state index contributed by atoms with van der Waals surface area (Å²) < 4.78 is 19.1. The molecule has 0 radical (unpaired) electrons. The Balaban J connectivity index is 1.97. The summed E-state index contributed by atoms with van der Waals surface area (Å²) >= 11 is 3.12. The number of para-hydroxylation sites is 1. The van der Waals surface area contributed by atoms with E-state index in [2.05, 4.69) is 15.9 Å². The molecule has 0 amide bonds. The molecule has 1 aliphatic rings. The van der Waals surface area contributed by atoms with Crippen molar-refractivity contribution in [3.63, 3.8) is 0 Å². The molecule has 0 N–H and O–H groups in total. The maximum atomic E-state index is 13.3. The Labute approximate surface area is 124 Å². The summed E-state index contributed by atoms with van der Waals surface area (Å²) in [4.78, 5) is 12.6. The molecule has 0 spiro atoms. The van der Waals surface area contributed by atoms with Gasteiger partial charge in [0, 0.05) is 11.1 Å². The average Bonchev–Trinajstić information content (AvgIpc) is 2.49. The second-order valence-corrected chi connectivity index (χ2v) is 5.58. The zero-order valence-corrected chi connectivity index (χ0v) is 12.2. The van der Waals surface area contributed by atoms with E-state index >= 15 is 0 Å².